The normalized spacial score (nSPS) is 20.9. The maximum atomic E-state index is 13.4. The molecule has 194 valence electrons. The number of aromatic nitrogens is 3. The molecule has 0 aliphatic carbocycles. The molecule has 2 aliphatic rings. The van der Waals surface area contributed by atoms with E-state index in [1.165, 1.54) is 30.6 Å². The van der Waals surface area contributed by atoms with Crippen molar-refractivity contribution in [2.45, 2.75) is 34.7 Å². The van der Waals surface area contributed by atoms with Gasteiger partial charge in [-0.2, -0.15) is 0 Å². The molecule has 0 saturated heterocycles. The maximum Gasteiger partial charge on any atom is 0.264 e. The predicted molar refractivity (Wildman–Crippen MR) is 139 cm³/mol. The van der Waals surface area contributed by atoms with Crippen LogP contribution in [0.2, 0.25) is 10.0 Å². The third kappa shape index (κ3) is 4.90. The molecule has 0 unspecified atom stereocenters. The van der Waals surface area contributed by atoms with Gasteiger partial charge in [0.1, 0.15) is 6.04 Å². The molecule has 2 atom stereocenters. The van der Waals surface area contributed by atoms with Crippen molar-refractivity contribution in [2.24, 2.45) is 0 Å². The Kier molecular flexibility index (Phi) is 6.86. The Hall–Kier alpha value is -2.45. The summed E-state index contributed by atoms with van der Waals surface area (Å²) in [5.74, 6) is -0.591. The summed E-state index contributed by atoms with van der Waals surface area (Å²) in [5.41, 5.74) is 0.939. The second-order valence-corrected chi connectivity index (χ2v) is 14.1. The number of benzene rings is 2. The largest absolute Gasteiger partial charge is 0.329 e. The molecule has 3 heterocycles. The van der Waals surface area contributed by atoms with Crippen LogP contribution < -0.4 is 5.32 Å². The van der Waals surface area contributed by atoms with Crippen LogP contribution in [0.15, 0.2) is 69.3 Å². The molecule has 15 heteroatoms. The van der Waals surface area contributed by atoms with Gasteiger partial charge in [0.2, 0.25) is 5.91 Å². The molecular formula is C22H18BrCl2N5O5S2. The Morgan fingerprint density at radius 2 is 1.92 bits per heavy atom. The van der Waals surface area contributed by atoms with Crippen LogP contribution >= 0.6 is 39.1 Å². The van der Waals surface area contributed by atoms with Gasteiger partial charge in [-0.15, -0.1) is 5.10 Å². The predicted octanol–water partition coefficient (Wildman–Crippen LogP) is 3.32. The number of fused-ring (bicyclic) bond motifs is 1. The van der Waals surface area contributed by atoms with E-state index in [1.54, 1.807) is 29.1 Å². The Morgan fingerprint density at radius 1 is 1.14 bits per heavy atom. The van der Waals surface area contributed by atoms with Gasteiger partial charge in [-0.3, -0.25) is 9.10 Å². The van der Waals surface area contributed by atoms with E-state index in [9.17, 15) is 21.6 Å². The smallest absolute Gasteiger partial charge is 0.264 e. The first-order valence-electron chi connectivity index (χ1n) is 10.9. The highest BCUT2D eigenvalue weighted by Crippen LogP contribution is 2.36. The lowest BCUT2D eigenvalue weighted by atomic mass is 10.0. The molecule has 1 amide bonds. The van der Waals surface area contributed by atoms with Crippen molar-refractivity contribution in [3.05, 3.63) is 80.8 Å². The molecule has 1 N–H and O–H groups in total. The first-order chi connectivity index (χ1) is 17.5. The summed E-state index contributed by atoms with van der Waals surface area (Å²) in [7, 11) is -7.57. The number of sulfone groups is 1. The van der Waals surface area contributed by atoms with Crippen molar-refractivity contribution in [3.63, 3.8) is 0 Å². The lowest BCUT2D eigenvalue weighted by Crippen LogP contribution is -2.50. The Bertz CT molecular complexity index is 1660. The van der Waals surface area contributed by atoms with Crippen LogP contribution in [0.4, 0.5) is 0 Å². The zero-order chi connectivity index (χ0) is 26.5. The highest BCUT2D eigenvalue weighted by molar-refractivity contribution is 9.10. The van der Waals surface area contributed by atoms with E-state index >= 15 is 0 Å². The van der Waals surface area contributed by atoms with Crippen LogP contribution in [0, 0.1) is 0 Å². The zero-order valence-electron chi connectivity index (χ0n) is 18.8. The number of carbonyl (C=O) groups excluding carboxylic acids is 1. The SMILES string of the molecule is O=C1NC=CN(S(=O)(=O)c2ccc(Cl)c(Cl)c2)[C@@H]1Cc1cn([C@@H]2CCS(=O)(=O)c3ccc(Br)cc32)nn1. The van der Waals surface area contributed by atoms with Gasteiger partial charge < -0.3 is 5.32 Å². The Balaban J connectivity index is 1.45. The van der Waals surface area contributed by atoms with Crippen LogP contribution in [0.25, 0.3) is 0 Å². The minimum atomic E-state index is -4.16. The van der Waals surface area contributed by atoms with Gasteiger partial charge >= 0.3 is 0 Å². The lowest BCUT2D eigenvalue weighted by Gasteiger charge is -2.31. The van der Waals surface area contributed by atoms with Gasteiger partial charge in [0, 0.05) is 29.5 Å². The van der Waals surface area contributed by atoms with E-state index in [0.29, 0.717) is 17.7 Å². The van der Waals surface area contributed by atoms with E-state index in [2.05, 4.69) is 31.6 Å². The molecule has 0 bridgehead atoms. The van der Waals surface area contributed by atoms with E-state index in [4.69, 9.17) is 23.2 Å². The third-order valence-electron chi connectivity index (χ3n) is 6.13. The second-order valence-electron chi connectivity index (χ2n) is 8.45. The number of hydrogen-bond donors (Lipinski definition) is 1. The Labute approximate surface area is 231 Å². The quantitative estimate of drug-likeness (QED) is 0.450. The minimum absolute atomic E-state index is 0.0486. The molecular weight excluding hydrogens is 629 g/mol. The number of rotatable bonds is 5. The number of nitrogens with one attached hydrogen (secondary N) is 1. The van der Waals surface area contributed by atoms with E-state index in [-0.39, 0.29) is 32.0 Å². The van der Waals surface area contributed by atoms with Gasteiger partial charge in [-0.1, -0.05) is 44.3 Å². The van der Waals surface area contributed by atoms with Crippen LogP contribution in [0.1, 0.15) is 23.7 Å². The summed E-state index contributed by atoms with van der Waals surface area (Å²) < 4.78 is 55.1. The molecule has 5 rings (SSSR count). The molecule has 3 aromatic rings. The van der Waals surface area contributed by atoms with E-state index < -0.39 is 37.9 Å². The molecule has 2 aliphatic heterocycles. The van der Waals surface area contributed by atoms with E-state index in [1.807, 2.05) is 0 Å². The summed E-state index contributed by atoms with van der Waals surface area (Å²) in [4.78, 5) is 12.9. The maximum absolute atomic E-state index is 13.4. The molecule has 0 saturated carbocycles. The average Bonchev–Trinajstić information content (AvgIpc) is 3.30. The number of carbonyl (C=O) groups is 1. The molecule has 1 aromatic heterocycles. The van der Waals surface area contributed by atoms with Gasteiger partial charge in [-0.25, -0.2) is 21.5 Å². The molecule has 0 fully saturated rings. The second kappa shape index (κ2) is 9.70. The van der Waals surface area contributed by atoms with Crippen LogP contribution in [-0.2, 0) is 31.1 Å². The molecule has 10 nitrogen and oxygen atoms in total. The topological polar surface area (TPSA) is 131 Å². The fraction of sp³-hybridized carbons (Fsp3) is 0.227. The monoisotopic (exact) mass is 645 g/mol. The van der Waals surface area contributed by atoms with Crippen LogP contribution in [0.5, 0.6) is 0 Å². The molecule has 37 heavy (non-hydrogen) atoms. The van der Waals surface area contributed by atoms with Gasteiger partial charge in [0.05, 0.1) is 37.3 Å². The van der Waals surface area contributed by atoms with Gasteiger partial charge in [-0.05, 0) is 48.4 Å². The van der Waals surface area contributed by atoms with E-state index in [0.717, 1.165) is 8.78 Å². The molecule has 2 aromatic carbocycles. The Morgan fingerprint density at radius 3 is 2.68 bits per heavy atom. The highest BCUT2D eigenvalue weighted by Gasteiger charge is 2.37. The fourth-order valence-corrected chi connectivity index (χ4v) is 8.13. The van der Waals surface area contributed by atoms with Crippen molar-refractivity contribution in [2.75, 3.05) is 5.75 Å². The molecule has 0 radical (unpaired) electrons. The first-order valence-corrected chi connectivity index (χ1v) is 15.5. The van der Waals surface area contributed by atoms with Crippen LogP contribution in [0.3, 0.4) is 0 Å². The number of halogens is 3. The number of nitrogens with zero attached hydrogens (tertiary/aromatic N) is 4. The van der Waals surface area contributed by atoms with Gasteiger partial charge in [0.15, 0.2) is 9.84 Å². The van der Waals surface area contributed by atoms with Crippen molar-refractivity contribution in [3.8, 4) is 0 Å². The number of amides is 1. The van der Waals surface area contributed by atoms with Crippen molar-refractivity contribution in [1.29, 1.82) is 0 Å². The number of sulfonamides is 1. The standard InChI is InChI=1S/C22H18BrCl2N5O5S2/c23-13-1-4-21-16(9-13)19(5-8-36(21,32)33)29-12-14(27-28-29)10-20-22(31)26-6-7-30(20)37(34,35)15-2-3-17(24)18(25)11-15/h1-4,6-7,9,11-12,19-20H,5,8,10H2,(H,26,31)/t19-,20-/m1/s1. The average molecular weight is 647 g/mol. The van der Waals surface area contributed by atoms with Crippen molar-refractivity contribution < 1.29 is 21.6 Å². The fourth-order valence-electron chi connectivity index (χ4n) is 4.33. The third-order valence-corrected chi connectivity index (χ3v) is 11.0. The molecule has 0 spiro atoms. The zero-order valence-corrected chi connectivity index (χ0v) is 23.5. The van der Waals surface area contributed by atoms with Gasteiger partial charge in [0.25, 0.3) is 10.0 Å². The summed E-state index contributed by atoms with van der Waals surface area (Å²) in [6.07, 6.45) is 4.31. The summed E-state index contributed by atoms with van der Waals surface area (Å²) in [6, 6.07) is 7.32. The lowest BCUT2D eigenvalue weighted by molar-refractivity contribution is -0.124. The van der Waals surface area contributed by atoms with Crippen molar-refractivity contribution >= 4 is 64.9 Å². The highest BCUT2D eigenvalue weighted by atomic mass is 79.9. The van der Waals surface area contributed by atoms with Crippen molar-refractivity contribution in [1.82, 2.24) is 24.6 Å². The summed E-state index contributed by atoms with van der Waals surface area (Å²) in [6.45, 7) is 0. The minimum Gasteiger partial charge on any atom is -0.329 e. The van der Waals surface area contributed by atoms with Crippen LogP contribution in [-0.4, -0.2) is 53.8 Å². The summed E-state index contributed by atoms with van der Waals surface area (Å²) >= 11 is 15.3. The first kappa shape index (κ1) is 26.2. The number of hydrogen-bond acceptors (Lipinski definition) is 7. The summed E-state index contributed by atoms with van der Waals surface area (Å²) in [5, 5.41) is 11.1.